The fraction of sp³-hybridized carbons (Fsp3) is 0.235. The molecule has 138 valence electrons. The second-order valence-corrected chi connectivity index (χ2v) is 7.87. The predicted octanol–water partition coefficient (Wildman–Crippen LogP) is 3.28. The Morgan fingerprint density at radius 2 is 1.88 bits per heavy atom. The van der Waals surface area contributed by atoms with Gasteiger partial charge in [-0.25, -0.2) is 8.42 Å². The van der Waals surface area contributed by atoms with Crippen LogP contribution in [0, 0.1) is 0 Å². The van der Waals surface area contributed by atoms with Gasteiger partial charge in [0.2, 0.25) is 10.0 Å². The third kappa shape index (κ3) is 3.67. The first-order valence-electron chi connectivity index (χ1n) is 7.65. The molecule has 1 amide bonds. The molecule has 0 bridgehead atoms. The predicted molar refractivity (Wildman–Crippen MR) is 91.7 cm³/mol. The molecule has 0 fully saturated rings. The van der Waals surface area contributed by atoms with Crippen molar-refractivity contribution in [2.45, 2.75) is 12.6 Å². The molecule has 0 unspecified atom stereocenters. The summed E-state index contributed by atoms with van der Waals surface area (Å²) >= 11 is 0. The first kappa shape index (κ1) is 18.2. The number of rotatable bonds is 3. The molecular formula is C17H15F3N2O3S. The van der Waals surface area contributed by atoms with E-state index >= 15 is 0 Å². The first-order valence-corrected chi connectivity index (χ1v) is 9.50. The lowest BCUT2D eigenvalue weighted by atomic mass is 10.1. The van der Waals surface area contributed by atoms with Gasteiger partial charge in [0.1, 0.15) is 0 Å². The van der Waals surface area contributed by atoms with Gasteiger partial charge in [-0.3, -0.25) is 9.10 Å². The van der Waals surface area contributed by atoms with E-state index in [0.717, 1.165) is 18.4 Å². The van der Waals surface area contributed by atoms with Crippen molar-refractivity contribution in [1.82, 2.24) is 0 Å². The monoisotopic (exact) mass is 384 g/mol. The molecule has 3 rings (SSSR count). The van der Waals surface area contributed by atoms with Gasteiger partial charge in [0, 0.05) is 17.8 Å². The van der Waals surface area contributed by atoms with Crippen LogP contribution in [-0.2, 0) is 22.6 Å². The van der Waals surface area contributed by atoms with Crippen LogP contribution in [0.4, 0.5) is 24.5 Å². The topological polar surface area (TPSA) is 66.5 Å². The van der Waals surface area contributed by atoms with Crippen molar-refractivity contribution < 1.29 is 26.4 Å². The number of amides is 1. The molecule has 1 heterocycles. The van der Waals surface area contributed by atoms with Crippen LogP contribution in [0.15, 0.2) is 42.5 Å². The molecule has 5 nitrogen and oxygen atoms in total. The second-order valence-electron chi connectivity index (χ2n) is 5.96. The average molecular weight is 384 g/mol. The van der Waals surface area contributed by atoms with Crippen LogP contribution >= 0.6 is 0 Å². The Labute approximate surface area is 148 Å². The highest BCUT2D eigenvalue weighted by molar-refractivity contribution is 7.92. The van der Waals surface area contributed by atoms with E-state index in [1.54, 1.807) is 6.07 Å². The molecule has 26 heavy (non-hydrogen) atoms. The van der Waals surface area contributed by atoms with Gasteiger partial charge in [-0.05, 0) is 48.4 Å². The Hall–Kier alpha value is -2.55. The molecule has 0 aromatic heterocycles. The number of hydrogen-bond donors (Lipinski definition) is 1. The quantitative estimate of drug-likeness (QED) is 0.883. The van der Waals surface area contributed by atoms with Crippen LogP contribution in [0.25, 0.3) is 0 Å². The lowest BCUT2D eigenvalue weighted by Gasteiger charge is -2.16. The molecular weight excluding hydrogens is 369 g/mol. The van der Waals surface area contributed by atoms with Crippen LogP contribution in [0.3, 0.4) is 0 Å². The van der Waals surface area contributed by atoms with Gasteiger partial charge in [-0.1, -0.05) is 6.07 Å². The Morgan fingerprint density at radius 3 is 2.54 bits per heavy atom. The number of nitrogens with one attached hydrogen (secondary N) is 1. The summed E-state index contributed by atoms with van der Waals surface area (Å²) in [4.78, 5) is 12.3. The van der Waals surface area contributed by atoms with E-state index in [2.05, 4.69) is 5.32 Å². The van der Waals surface area contributed by atoms with Crippen molar-refractivity contribution >= 4 is 27.3 Å². The molecule has 0 saturated carbocycles. The largest absolute Gasteiger partial charge is 0.416 e. The maximum absolute atomic E-state index is 12.7. The summed E-state index contributed by atoms with van der Waals surface area (Å²) in [5.74, 6) is -0.565. The van der Waals surface area contributed by atoms with Crippen LogP contribution in [0.2, 0.25) is 0 Å². The van der Waals surface area contributed by atoms with E-state index in [9.17, 15) is 26.4 Å². The summed E-state index contributed by atoms with van der Waals surface area (Å²) in [6, 6.07) is 8.90. The lowest BCUT2D eigenvalue weighted by molar-refractivity contribution is -0.137. The van der Waals surface area contributed by atoms with Crippen molar-refractivity contribution in [2.24, 2.45) is 0 Å². The van der Waals surface area contributed by atoms with Gasteiger partial charge >= 0.3 is 6.18 Å². The smallest absolute Gasteiger partial charge is 0.322 e. The normalized spacial score (nSPS) is 14.2. The van der Waals surface area contributed by atoms with Gasteiger partial charge in [0.25, 0.3) is 5.91 Å². The Kier molecular flexibility index (Phi) is 4.43. The van der Waals surface area contributed by atoms with Crippen molar-refractivity contribution in [3.8, 4) is 0 Å². The van der Waals surface area contributed by atoms with Crippen molar-refractivity contribution in [2.75, 3.05) is 22.4 Å². The Morgan fingerprint density at radius 1 is 1.15 bits per heavy atom. The Bertz CT molecular complexity index is 971. The second kappa shape index (κ2) is 6.31. The summed E-state index contributed by atoms with van der Waals surface area (Å²) in [5.41, 5.74) is 0.642. The minimum Gasteiger partial charge on any atom is -0.322 e. The number of anilines is 2. The fourth-order valence-corrected chi connectivity index (χ4v) is 3.79. The van der Waals surface area contributed by atoms with Gasteiger partial charge in [0.15, 0.2) is 0 Å². The highest BCUT2D eigenvalue weighted by Crippen LogP contribution is 2.32. The van der Waals surface area contributed by atoms with Crippen LogP contribution < -0.4 is 9.62 Å². The molecule has 0 atom stereocenters. The molecule has 0 aliphatic carbocycles. The van der Waals surface area contributed by atoms with Crippen molar-refractivity contribution in [1.29, 1.82) is 0 Å². The first-order chi connectivity index (χ1) is 12.1. The zero-order valence-electron chi connectivity index (χ0n) is 13.7. The summed E-state index contributed by atoms with van der Waals surface area (Å²) in [7, 11) is -3.39. The number of fused-ring (bicyclic) bond motifs is 1. The van der Waals surface area contributed by atoms with E-state index < -0.39 is 27.7 Å². The zero-order valence-corrected chi connectivity index (χ0v) is 14.5. The summed E-state index contributed by atoms with van der Waals surface area (Å²) in [6.07, 6.45) is -2.92. The maximum Gasteiger partial charge on any atom is 0.416 e. The highest BCUT2D eigenvalue weighted by atomic mass is 32.2. The number of sulfonamides is 1. The maximum atomic E-state index is 12.7. The van der Waals surface area contributed by atoms with E-state index in [-0.39, 0.29) is 11.3 Å². The van der Waals surface area contributed by atoms with Crippen molar-refractivity contribution in [3.63, 3.8) is 0 Å². The number of hydrogen-bond acceptors (Lipinski definition) is 3. The number of halogens is 3. The molecule has 0 spiro atoms. The number of carbonyl (C=O) groups is 1. The molecule has 0 saturated heterocycles. The number of nitrogens with zero attached hydrogens (tertiary/aromatic N) is 1. The molecule has 2 aromatic carbocycles. The van der Waals surface area contributed by atoms with Crippen LogP contribution in [0.1, 0.15) is 21.5 Å². The van der Waals surface area contributed by atoms with E-state index in [1.165, 1.54) is 28.6 Å². The average Bonchev–Trinajstić information content (AvgIpc) is 2.97. The third-order valence-corrected chi connectivity index (χ3v) is 5.22. The third-order valence-electron chi connectivity index (χ3n) is 4.04. The minimum absolute atomic E-state index is 0.0306. The SMILES string of the molecule is CS(=O)(=O)N1CCc2cc(C(=O)Nc3cccc(C(F)(F)F)c3)ccc21. The number of carbonyl (C=O) groups excluding carboxylic acids is 1. The molecule has 1 aliphatic rings. The lowest BCUT2D eigenvalue weighted by Crippen LogP contribution is -2.27. The van der Waals surface area contributed by atoms with Crippen molar-refractivity contribution in [3.05, 3.63) is 59.2 Å². The van der Waals surface area contributed by atoms with Crippen LogP contribution in [0.5, 0.6) is 0 Å². The molecule has 2 aromatic rings. The summed E-state index contributed by atoms with van der Waals surface area (Å²) in [6.45, 7) is 0.298. The van der Waals surface area contributed by atoms with Crippen LogP contribution in [-0.4, -0.2) is 27.1 Å². The molecule has 0 radical (unpaired) electrons. The van der Waals surface area contributed by atoms with Gasteiger partial charge in [-0.15, -0.1) is 0 Å². The van der Waals surface area contributed by atoms with E-state index in [1.807, 2.05) is 0 Å². The fourth-order valence-electron chi connectivity index (χ4n) is 2.83. The van der Waals surface area contributed by atoms with E-state index in [0.29, 0.717) is 24.2 Å². The number of benzene rings is 2. The standard InChI is InChI=1S/C17H15F3N2O3S/c1-26(24,25)22-8-7-11-9-12(5-6-15(11)22)16(23)21-14-4-2-3-13(10-14)17(18,19)20/h2-6,9-10H,7-8H2,1H3,(H,21,23). The summed E-state index contributed by atoms with van der Waals surface area (Å²) < 4.78 is 62.9. The minimum atomic E-state index is -4.50. The molecule has 9 heteroatoms. The molecule has 1 aliphatic heterocycles. The molecule has 1 N–H and O–H groups in total. The summed E-state index contributed by atoms with van der Waals surface area (Å²) in [5, 5.41) is 2.43. The van der Waals surface area contributed by atoms with E-state index in [4.69, 9.17) is 0 Å². The van der Waals surface area contributed by atoms with Gasteiger partial charge in [-0.2, -0.15) is 13.2 Å². The number of alkyl halides is 3. The van der Waals surface area contributed by atoms with Gasteiger partial charge in [0.05, 0.1) is 17.5 Å². The highest BCUT2D eigenvalue weighted by Gasteiger charge is 2.30. The zero-order chi connectivity index (χ0) is 19.1. The Balaban J connectivity index is 1.82. The van der Waals surface area contributed by atoms with Gasteiger partial charge < -0.3 is 5.32 Å².